The van der Waals surface area contributed by atoms with Crippen molar-refractivity contribution in [1.29, 1.82) is 0 Å². The molecule has 2 nitrogen and oxygen atoms in total. The zero-order valence-corrected chi connectivity index (χ0v) is 12.2. The van der Waals surface area contributed by atoms with Crippen LogP contribution in [0.3, 0.4) is 0 Å². The van der Waals surface area contributed by atoms with Crippen LogP contribution in [-0.4, -0.2) is 11.1 Å². The molecular weight excluding hydrogens is 248 g/mol. The molecule has 0 aliphatic carbocycles. The molecule has 0 saturated carbocycles. The molecule has 0 fully saturated rings. The van der Waals surface area contributed by atoms with Crippen LogP contribution in [0.2, 0.25) is 0 Å². The van der Waals surface area contributed by atoms with Crippen LogP contribution in [0.5, 0.6) is 0 Å². The number of hydrogen-bond donors (Lipinski definition) is 1. The summed E-state index contributed by atoms with van der Waals surface area (Å²) in [5, 5.41) is 9.54. The lowest BCUT2D eigenvalue weighted by Crippen LogP contribution is -2.15. The van der Waals surface area contributed by atoms with Crippen LogP contribution < -0.4 is 0 Å². The Hall–Kier alpha value is -2.09. The lowest BCUT2D eigenvalue weighted by Gasteiger charge is -2.16. The molecule has 0 bridgehead atoms. The van der Waals surface area contributed by atoms with Gasteiger partial charge in [0.1, 0.15) is 0 Å². The van der Waals surface area contributed by atoms with E-state index in [0.717, 1.165) is 16.7 Å². The van der Waals surface area contributed by atoms with Gasteiger partial charge in [0.05, 0.1) is 5.92 Å². The molecule has 0 aliphatic heterocycles. The van der Waals surface area contributed by atoms with Gasteiger partial charge in [-0.3, -0.25) is 4.79 Å². The van der Waals surface area contributed by atoms with Crippen LogP contribution in [0.1, 0.15) is 33.7 Å². The number of rotatable bonds is 4. The second-order valence-corrected chi connectivity index (χ2v) is 5.37. The fourth-order valence-corrected chi connectivity index (χ4v) is 2.47. The summed E-state index contributed by atoms with van der Waals surface area (Å²) < 4.78 is 0. The summed E-state index contributed by atoms with van der Waals surface area (Å²) in [6.45, 7) is 6.09. The summed E-state index contributed by atoms with van der Waals surface area (Å²) >= 11 is 0. The number of carbonyl (C=O) groups is 1. The van der Waals surface area contributed by atoms with Crippen LogP contribution in [0.15, 0.2) is 42.5 Å². The molecule has 0 saturated heterocycles. The van der Waals surface area contributed by atoms with Crippen molar-refractivity contribution < 1.29 is 9.90 Å². The molecule has 1 N–H and O–H groups in total. The smallest absolute Gasteiger partial charge is 0.311 e. The van der Waals surface area contributed by atoms with Gasteiger partial charge in [-0.1, -0.05) is 42.5 Å². The maximum atomic E-state index is 11.6. The quantitative estimate of drug-likeness (QED) is 0.909. The number of hydrogen-bond acceptors (Lipinski definition) is 1. The van der Waals surface area contributed by atoms with Crippen molar-refractivity contribution in [2.45, 2.75) is 33.1 Å². The fourth-order valence-electron chi connectivity index (χ4n) is 2.47. The van der Waals surface area contributed by atoms with Gasteiger partial charge in [0.2, 0.25) is 0 Å². The summed E-state index contributed by atoms with van der Waals surface area (Å²) in [6.07, 6.45) is 0.529. The molecule has 0 amide bonds. The first-order valence-electron chi connectivity index (χ1n) is 6.83. The Balaban J connectivity index is 2.33. The SMILES string of the molecule is Cc1ccc(CC(C(=O)O)c2ccccc2C)cc1C. The third-order valence-electron chi connectivity index (χ3n) is 3.87. The summed E-state index contributed by atoms with van der Waals surface area (Å²) in [7, 11) is 0. The first kappa shape index (κ1) is 14.3. The molecule has 1 atom stereocenters. The Morgan fingerprint density at radius 1 is 1.00 bits per heavy atom. The van der Waals surface area contributed by atoms with Crippen molar-refractivity contribution >= 4 is 5.97 Å². The molecule has 1 unspecified atom stereocenters. The molecular formula is C18H20O2. The highest BCUT2D eigenvalue weighted by molar-refractivity contribution is 5.77. The zero-order valence-electron chi connectivity index (χ0n) is 12.2. The first-order valence-corrected chi connectivity index (χ1v) is 6.83. The van der Waals surface area contributed by atoms with E-state index in [1.807, 2.05) is 37.3 Å². The van der Waals surface area contributed by atoms with E-state index < -0.39 is 11.9 Å². The van der Waals surface area contributed by atoms with Gasteiger partial charge in [-0.05, 0) is 55.0 Å². The van der Waals surface area contributed by atoms with E-state index in [9.17, 15) is 9.90 Å². The minimum absolute atomic E-state index is 0.488. The van der Waals surface area contributed by atoms with Crippen LogP contribution in [-0.2, 0) is 11.2 Å². The predicted molar refractivity (Wildman–Crippen MR) is 81.2 cm³/mol. The van der Waals surface area contributed by atoms with E-state index in [4.69, 9.17) is 0 Å². The molecule has 20 heavy (non-hydrogen) atoms. The van der Waals surface area contributed by atoms with Crippen molar-refractivity contribution in [2.75, 3.05) is 0 Å². The van der Waals surface area contributed by atoms with E-state index in [-0.39, 0.29) is 0 Å². The van der Waals surface area contributed by atoms with Crippen LogP contribution in [0.4, 0.5) is 0 Å². The second-order valence-electron chi connectivity index (χ2n) is 5.37. The molecule has 2 rings (SSSR count). The number of carboxylic acid groups (broad SMARTS) is 1. The minimum atomic E-state index is -0.766. The average Bonchev–Trinajstić information content (AvgIpc) is 2.41. The van der Waals surface area contributed by atoms with Crippen LogP contribution in [0, 0.1) is 20.8 Å². The number of benzene rings is 2. The van der Waals surface area contributed by atoms with Gasteiger partial charge in [-0.15, -0.1) is 0 Å². The van der Waals surface area contributed by atoms with Gasteiger partial charge in [0.15, 0.2) is 0 Å². The maximum absolute atomic E-state index is 11.6. The molecule has 104 valence electrons. The van der Waals surface area contributed by atoms with E-state index in [2.05, 4.69) is 26.0 Å². The minimum Gasteiger partial charge on any atom is -0.481 e. The van der Waals surface area contributed by atoms with E-state index in [1.165, 1.54) is 11.1 Å². The summed E-state index contributed by atoms with van der Waals surface area (Å²) in [5.41, 5.74) is 5.44. The van der Waals surface area contributed by atoms with Gasteiger partial charge in [0.25, 0.3) is 0 Å². The van der Waals surface area contributed by atoms with Crippen molar-refractivity contribution in [3.63, 3.8) is 0 Å². The van der Waals surface area contributed by atoms with Crippen LogP contribution in [0.25, 0.3) is 0 Å². The monoisotopic (exact) mass is 268 g/mol. The summed E-state index contributed by atoms with van der Waals surface area (Å²) in [4.78, 5) is 11.6. The van der Waals surface area contributed by atoms with Crippen molar-refractivity contribution in [3.05, 3.63) is 70.3 Å². The molecule has 0 radical (unpaired) electrons. The Kier molecular flexibility index (Phi) is 4.23. The predicted octanol–water partition coefficient (Wildman–Crippen LogP) is 4.02. The molecule has 2 aromatic carbocycles. The third-order valence-corrected chi connectivity index (χ3v) is 3.87. The highest BCUT2D eigenvalue weighted by Crippen LogP contribution is 2.25. The van der Waals surface area contributed by atoms with E-state index in [0.29, 0.717) is 6.42 Å². The number of carboxylic acids is 1. The number of aliphatic carboxylic acids is 1. The Bertz CT molecular complexity index is 629. The molecule has 0 heterocycles. The third kappa shape index (κ3) is 3.08. The molecule has 2 aromatic rings. The summed E-state index contributed by atoms with van der Waals surface area (Å²) in [6, 6.07) is 13.9. The van der Waals surface area contributed by atoms with Gasteiger partial charge in [0, 0.05) is 0 Å². The second kappa shape index (κ2) is 5.91. The molecule has 0 aliphatic rings. The number of aryl methyl sites for hydroxylation is 3. The first-order chi connectivity index (χ1) is 9.49. The Morgan fingerprint density at radius 2 is 1.70 bits per heavy atom. The summed E-state index contributed by atoms with van der Waals surface area (Å²) in [5.74, 6) is -1.25. The van der Waals surface area contributed by atoms with Gasteiger partial charge in [-0.25, -0.2) is 0 Å². The van der Waals surface area contributed by atoms with Crippen molar-refractivity contribution in [2.24, 2.45) is 0 Å². The van der Waals surface area contributed by atoms with Crippen molar-refractivity contribution in [1.82, 2.24) is 0 Å². The topological polar surface area (TPSA) is 37.3 Å². The molecule has 0 spiro atoms. The average molecular weight is 268 g/mol. The Morgan fingerprint density at radius 3 is 2.30 bits per heavy atom. The standard InChI is InChI=1S/C18H20O2/c1-12-8-9-15(10-14(12)3)11-17(18(19)20)16-7-5-4-6-13(16)2/h4-10,17H,11H2,1-3H3,(H,19,20). The zero-order chi connectivity index (χ0) is 14.7. The van der Waals surface area contributed by atoms with E-state index in [1.54, 1.807) is 0 Å². The maximum Gasteiger partial charge on any atom is 0.311 e. The van der Waals surface area contributed by atoms with E-state index >= 15 is 0 Å². The van der Waals surface area contributed by atoms with Gasteiger partial charge >= 0.3 is 5.97 Å². The molecule has 0 aromatic heterocycles. The molecule has 2 heteroatoms. The lowest BCUT2D eigenvalue weighted by molar-refractivity contribution is -0.138. The highest BCUT2D eigenvalue weighted by Gasteiger charge is 2.21. The largest absolute Gasteiger partial charge is 0.481 e. The fraction of sp³-hybridized carbons (Fsp3) is 0.278. The van der Waals surface area contributed by atoms with Gasteiger partial charge < -0.3 is 5.11 Å². The Labute approximate surface area is 120 Å². The normalized spacial score (nSPS) is 12.2. The van der Waals surface area contributed by atoms with Crippen LogP contribution >= 0.6 is 0 Å². The van der Waals surface area contributed by atoms with Crippen molar-refractivity contribution in [3.8, 4) is 0 Å². The highest BCUT2D eigenvalue weighted by atomic mass is 16.4. The lowest BCUT2D eigenvalue weighted by atomic mass is 9.88. The van der Waals surface area contributed by atoms with Gasteiger partial charge in [-0.2, -0.15) is 0 Å².